The molecule has 2 rings (SSSR count). The Morgan fingerprint density at radius 1 is 1.26 bits per heavy atom. The topological polar surface area (TPSA) is 55.9 Å². The third kappa shape index (κ3) is 3.22. The number of hydrogen-bond acceptors (Lipinski definition) is 3. The third-order valence-electron chi connectivity index (χ3n) is 3.52. The molecule has 0 spiro atoms. The Bertz CT molecular complexity index is 501. The molecule has 1 aromatic heterocycles. The van der Waals surface area contributed by atoms with Gasteiger partial charge in [-0.05, 0) is 24.5 Å². The molecule has 4 heteroatoms. The quantitative estimate of drug-likeness (QED) is 0.617. The maximum atomic E-state index is 5.70. The van der Waals surface area contributed by atoms with Crippen molar-refractivity contribution < 1.29 is 0 Å². The van der Waals surface area contributed by atoms with Gasteiger partial charge in [-0.1, -0.05) is 31.2 Å². The van der Waals surface area contributed by atoms with Crippen LogP contribution in [0.5, 0.6) is 0 Å². The molecule has 0 aliphatic heterocycles. The summed E-state index contributed by atoms with van der Waals surface area (Å²) in [5, 5.41) is 0. The number of aromatic nitrogens is 2. The van der Waals surface area contributed by atoms with Gasteiger partial charge in [-0.2, -0.15) is 0 Å². The fourth-order valence-corrected chi connectivity index (χ4v) is 2.26. The predicted molar refractivity (Wildman–Crippen MR) is 77.5 cm³/mol. The molecule has 1 atom stereocenters. The highest BCUT2D eigenvalue weighted by Crippen LogP contribution is 2.18. The second-order valence-electron chi connectivity index (χ2n) is 4.65. The van der Waals surface area contributed by atoms with E-state index in [4.69, 9.17) is 5.84 Å². The minimum absolute atomic E-state index is 0.0959. The van der Waals surface area contributed by atoms with E-state index < -0.39 is 0 Å². The summed E-state index contributed by atoms with van der Waals surface area (Å²) >= 11 is 0. The van der Waals surface area contributed by atoms with Gasteiger partial charge in [0.2, 0.25) is 0 Å². The van der Waals surface area contributed by atoms with Crippen molar-refractivity contribution in [2.24, 2.45) is 5.84 Å². The summed E-state index contributed by atoms with van der Waals surface area (Å²) in [6, 6.07) is 8.70. The normalized spacial score (nSPS) is 12.6. The number of imidazole rings is 1. The van der Waals surface area contributed by atoms with E-state index in [1.807, 2.05) is 12.4 Å². The lowest BCUT2D eigenvalue weighted by Crippen LogP contribution is -2.30. The lowest BCUT2D eigenvalue weighted by molar-refractivity contribution is 0.523. The van der Waals surface area contributed by atoms with E-state index >= 15 is 0 Å². The second kappa shape index (κ2) is 6.50. The monoisotopic (exact) mass is 258 g/mol. The molecule has 1 unspecified atom stereocenters. The van der Waals surface area contributed by atoms with Gasteiger partial charge in [0.05, 0.1) is 6.04 Å². The molecule has 1 aromatic carbocycles. The molecule has 0 aliphatic rings. The van der Waals surface area contributed by atoms with Crippen molar-refractivity contribution in [3.63, 3.8) is 0 Å². The Morgan fingerprint density at radius 3 is 2.58 bits per heavy atom. The van der Waals surface area contributed by atoms with Crippen LogP contribution >= 0.6 is 0 Å². The fraction of sp³-hybridized carbons (Fsp3) is 0.400. The van der Waals surface area contributed by atoms with Crippen LogP contribution in [-0.2, 0) is 19.4 Å². The van der Waals surface area contributed by atoms with Crippen LogP contribution in [0.4, 0.5) is 0 Å². The van der Waals surface area contributed by atoms with Crippen molar-refractivity contribution in [1.29, 1.82) is 0 Å². The van der Waals surface area contributed by atoms with Gasteiger partial charge in [0.1, 0.15) is 5.82 Å². The van der Waals surface area contributed by atoms with Gasteiger partial charge in [-0.25, -0.2) is 4.98 Å². The molecule has 2 aromatic rings. The van der Waals surface area contributed by atoms with Crippen LogP contribution < -0.4 is 11.3 Å². The Morgan fingerprint density at radius 2 is 2.00 bits per heavy atom. The molecule has 0 amide bonds. The average Bonchev–Trinajstić information content (AvgIpc) is 2.92. The number of rotatable bonds is 6. The molecule has 3 N–H and O–H groups in total. The van der Waals surface area contributed by atoms with Crippen LogP contribution in [0.25, 0.3) is 0 Å². The smallest absolute Gasteiger partial charge is 0.110 e. The van der Waals surface area contributed by atoms with Gasteiger partial charge in [0.25, 0.3) is 0 Å². The molecule has 0 radical (unpaired) electrons. The first-order valence-electron chi connectivity index (χ1n) is 6.83. The Balaban J connectivity index is 2.15. The van der Waals surface area contributed by atoms with E-state index in [-0.39, 0.29) is 6.04 Å². The SMILES string of the molecule is CCc1ccc(C(Cc2nccn2CC)NN)cc1. The standard InChI is InChI=1S/C15H22N4/c1-3-12-5-7-13(8-6-12)14(18-16)11-15-17-9-10-19(15)4-2/h5-10,14,18H,3-4,11,16H2,1-2H3. The van der Waals surface area contributed by atoms with Gasteiger partial charge < -0.3 is 4.57 Å². The van der Waals surface area contributed by atoms with Crippen molar-refractivity contribution in [2.75, 3.05) is 0 Å². The minimum Gasteiger partial charge on any atom is -0.335 e. The van der Waals surface area contributed by atoms with E-state index in [0.29, 0.717) is 0 Å². The Hall–Kier alpha value is -1.65. The van der Waals surface area contributed by atoms with E-state index in [2.05, 4.69) is 53.1 Å². The molecule has 0 saturated heterocycles. The summed E-state index contributed by atoms with van der Waals surface area (Å²) in [7, 11) is 0. The van der Waals surface area contributed by atoms with Crippen molar-refractivity contribution in [2.45, 2.75) is 39.3 Å². The molecular formula is C15H22N4. The lowest BCUT2D eigenvalue weighted by atomic mass is 10.0. The number of hydrogen-bond donors (Lipinski definition) is 2. The zero-order chi connectivity index (χ0) is 13.7. The second-order valence-corrected chi connectivity index (χ2v) is 4.65. The first-order valence-corrected chi connectivity index (χ1v) is 6.83. The number of nitrogens with one attached hydrogen (secondary N) is 1. The molecule has 0 saturated carbocycles. The van der Waals surface area contributed by atoms with E-state index in [1.54, 1.807) is 0 Å². The van der Waals surface area contributed by atoms with Gasteiger partial charge in [-0.3, -0.25) is 11.3 Å². The summed E-state index contributed by atoms with van der Waals surface area (Å²) in [6.07, 6.45) is 5.69. The molecule has 1 heterocycles. The van der Waals surface area contributed by atoms with Crippen LogP contribution in [0.2, 0.25) is 0 Å². The van der Waals surface area contributed by atoms with Crippen LogP contribution in [0, 0.1) is 0 Å². The maximum Gasteiger partial charge on any atom is 0.110 e. The highest BCUT2D eigenvalue weighted by molar-refractivity contribution is 5.25. The van der Waals surface area contributed by atoms with Crippen molar-refractivity contribution in [1.82, 2.24) is 15.0 Å². The molecule has 0 bridgehead atoms. The number of nitrogens with zero attached hydrogens (tertiary/aromatic N) is 2. The third-order valence-corrected chi connectivity index (χ3v) is 3.52. The van der Waals surface area contributed by atoms with Crippen LogP contribution in [0.1, 0.15) is 36.8 Å². The van der Waals surface area contributed by atoms with E-state index in [0.717, 1.165) is 25.2 Å². The minimum atomic E-state index is 0.0959. The van der Waals surface area contributed by atoms with Gasteiger partial charge in [0.15, 0.2) is 0 Å². The van der Waals surface area contributed by atoms with E-state index in [9.17, 15) is 0 Å². The predicted octanol–water partition coefficient (Wildman–Crippen LogP) is 2.21. The first kappa shape index (κ1) is 13.8. The maximum absolute atomic E-state index is 5.70. The van der Waals surface area contributed by atoms with Crippen LogP contribution in [-0.4, -0.2) is 9.55 Å². The summed E-state index contributed by atoms with van der Waals surface area (Å²) in [4.78, 5) is 4.40. The molecular weight excluding hydrogens is 236 g/mol. The molecule has 102 valence electrons. The summed E-state index contributed by atoms with van der Waals surface area (Å²) in [5.41, 5.74) is 5.43. The van der Waals surface area contributed by atoms with Crippen LogP contribution in [0.15, 0.2) is 36.7 Å². The molecule has 0 fully saturated rings. The molecule has 19 heavy (non-hydrogen) atoms. The summed E-state index contributed by atoms with van der Waals surface area (Å²) < 4.78 is 2.14. The Kier molecular flexibility index (Phi) is 4.71. The summed E-state index contributed by atoms with van der Waals surface area (Å²) in [6.45, 7) is 5.21. The highest BCUT2D eigenvalue weighted by Gasteiger charge is 2.13. The summed E-state index contributed by atoms with van der Waals surface area (Å²) in [5.74, 6) is 6.76. The highest BCUT2D eigenvalue weighted by atomic mass is 15.2. The van der Waals surface area contributed by atoms with Crippen molar-refractivity contribution in [3.8, 4) is 0 Å². The van der Waals surface area contributed by atoms with Crippen molar-refractivity contribution >= 4 is 0 Å². The van der Waals surface area contributed by atoms with Gasteiger partial charge in [-0.15, -0.1) is 0 Å². The van der Waals surface area contributed by atoms with Crippen LogP contribution in [0.3, 0.4) is 0 Å². The first-order chi connectivity index (χ1) is 9.28. The lowest BCUT2D eigenvalue weighted by Gasteiger charge is -2.17. The average molecular weight is 258 g/mol. The number of benzene rings is 1. The van der Waals surface area contributed by atoms with E-state index in [1.165, 1.54) is 11.1 Å². The van der Waals surface area contributed by atoms with Gasteiger partial charge >= 0.3 is 0 Å². The molecule has 0 aliphatic carbocycles. The Labute approximate surface area is 114 Å². The zero-order valence-corrected chi connectivity index (χ0v) is 11.6. The largest absolute Gasteiger partial charge is 0.335 e. The van der Waals surface area contributed by atoms with Crippen molar-refractivity contribution in [3.05, 3.63) is 53.6 Å². The van der Waals surface area contributed by atoms with Gasteiger partial charge in [0, 0.05) is 25.4 Å². The molecule has 4 nitrogen and oxygen atoms in total. The number of nitrogens with two attached hydrogens (primary N) is 1. The number of hydrazine groups is 1. The fourth-order valence-electron chi connectivity index (χ4n) is 2.26. The number of aryl methyl sites for hydroxylation is 2. The zero-order valence-electron chi connectivity index (χ0n) is 11.6.